The minimum absolute atomic E-state index is 0.0164. The fourth-order valence-electron chi connectivity index (χ4n) is 0.916. The van der Waals surface area contributed by atoms with E-state index >= 15 is 0 Å². The van der Waals surface area contributed by atoms with E-state index in [1.807, 2.05) is 0 Å². The van der Waals surface area contributed by atoms with Crippen LogP contribution in [-0.4, -0.2) is 14.9 Å². The van der Waals surface area contributed by atoms with Gasteiger partial charge in [-0.3, -0.25) is 4.79 Å². The quantitative estimate of drug-likeness (QED) is 0.562. The molecular weight excluding hydrogens is 206 g/mol. The van der Waals surface area contributed by atoms with Crippen LogP contribution in [0.1, 0.15) is 5.56 Å². The van der Waals surface area contributed by atoms with Crippen LogP contribution in [0.15, 0.2) is 30.3 Å². The number of hydrogen-bond donors (Lipinski definition) is 1. The summed E-state index contributed by atoms with van der Waals surface area (Å²) in [7, 11) is -3.60. The lowest BCUT2D eigenvalue weighted by Gasteiger charge is -2.02. The number of benzene rings is 1. The highest BCUT2D eigenvalue weighted by molar-refractivity contribution is 7.88. The average molecular weight is 215 g/mol. The topological polar surface area (TPSA) is 72.5 Å². The summed E-state index contributed by atoms with van der Waals surface area (Å²) in [5, 5.41) is 0. The Morgan fingerprint density at radius 1 is 1.29 bits per heavy atom. The van der Waals surface area contributed by atoms with Crippen LogP contribution in [0.4, 0.5) is 0 Å². The molecular formula is C8H9NO4S. The van der Waals surface area contributed by atoms with Gasteiger partial charge in [0.05, 0.1) is 5.75 Å². The van der Waals surface area contributed by atoms with Crippen molar-refractivity contribution in [3.05, 3.63) is 35.9 Å². The number of nitrogens with one attached hydrogen (secondary N) is 1. The van der Waals surface area contributed by atoms with Gasteiger partial charge in [0, 0.05) is 0 Å². The van der Waals surface area contributed by atoms with Gasteiger partial charge in [0.15, 0.2) is 0 Å². The molecule has 0 heterocycles. The van der Waals surface area contributed by atoms with E-state index in [4.69, 9.17) is 0 Å². The van der Waals surface area contributed by atoms with E-state index in [1.165, 1.54) is 0 Å². The fraction of sp³-hybridized carbons (Fsp3) is 0.125. The molecule has 6 heteroatoms. The maximum atomic E-state index is 11.2. The van der Waals surface area contributed by atoms with Crippen molar-refractivity contribution in [1.82, 2.24) is 4.89 Å². The Morgan fingerprint density at radius 3 is 2.50 bits per heavy atom. The lowest BCUT2D eigenvalue weighted by molar-refractivity contribution is -0.131. The maximum absolute atomic E-state index is 11.2. The zero-order valence-corrected chi connectivity index (χ0v) is 8.03. The Morgan fingerprint density at radius 2 is 1.93 bits per heavy atom. The molecule has 0 aromatic heterocycles. The van der Waals surface area contributed by atoms with Gasteiger partial charge in [-0.2, -0.15) is 0 Å². The second kappa shape index (κ2) is 4.73. The third-order valence-electron chi connectivity index (χ3n) is 1.42. The summed E-state index contributed by atoms with van der Waals surface area (Å²) >= 11 is 0. The van der Waals surface area contributed by atoms with Crippen molar-refractivity contribution in [3.63, 3.8) is 0 Å². The Kier molecular flexibility index (Phi) is 3.61. The van der Waals surface area contributed by atoms with Crippen LogP contribution in [-0.2, 0) is 25.4 Å². The van der Waals surface area contributed by atoms with Crippen molar-refractivity contribution >= 4 is 16.5 Å². The molecule has 76 valence electrons. The van der Waals surface area contributed by atoms with Gasteiger partial charge in [-0.25, -0.2) is 8.42 Å². The maximum Gasteiger partial charge on any atom is 0.314 e. The van der Waals surface area contributed by atoms with Gasteiger partial charge in [0.1, 0.15) is 0 Å². The van der Waals surface area contributed by atoms with Crippen LogP contribution in [0.25, 0.3) is 0 Å². The summed E-state index contributed by atoms with van der Waals surface area (Å²) in [6.07, 6.45) is 0. The number of sulfonamides is 1. The summed E-state index contributed by atoms with van der Waals surface area (Å²) in [4.78, 5) is 15.4. The minimum Gasteiger partial charge on any atom is -0.359 e. The lowest BCUT2D eigenvalue weighted by Crippen LogP contribution is -2.24. The van der Waals surface area contributed by atoms with Crippen LogP contribution in [0.3, 0.4) is 0 Å². The highest BCUT2D eigenvalue weighted by atomic mass is 32.2. The van der Waals surface area contributed by atoms with Crippen LogP contribution < -0.4 is 4.89 Å². The first-order chi connectivity index (χ1) is 6.64. The highest BCUT2D eigenvalue weighted by Crippen LogP contribution is 2.03. The van der Waals surface area contributed by atoms with E-state index in [0.717, 1.165) is 0 Å². The predicted octanol–water partition coefficient (Wildman–Crippen LogP) is 0.194. The molecule has 0 fully saturated rings. The molecule has 0 saturated carbocycles. The van der Waals surface area contributed by atoms with Crippen molar-refractivity contribution < 1.29 is 18.0 Å². The Hall–Kier alpha value is -1.40. The van der Waals surface area contributed by atoms with E-state index in [1.54, 1.807) is 35.2 Å². The van der Waals surface area contributed by atoms with Gasteiger partial charge < -0.3 is 4.84 Å². The summed E-state index contributed by atoms with van der Waals surface area (Å²) in [5.74, 6) is -0.221. The van der Waals surface area contributed by atoms with Gasteiger partial charge in [-0.1, -0.05) is 30.3 Å². The van der Waals surface area contributed by atoms with E-state index in [-0.39, 0.29) is 12.2 Å². The number of carbonyl (C=O) groups excluding carboxylic acids is 1. The third-order valence-corrected chi connectivity index (χ3v) is 2.49. The number of hydrogen-bond acceptors (Lipinski definition) is 4. The Balaban J connectivity index is 2.64. The largest absolute Gasteiger partial charge is 0.359 e. The van der Waals surface area contributed by atoms with E-state index in [9.17, 15) is 13.2 Å². The van der Waals surface area contributed by atoms with Crippen molar-refractivity contribution in [2.45, 2.75) is 5.75 Å². The molecule has 5 nitrogen and oxygen atoms in total. The summed E-state index contributed by atoms with van der Waals surface area (Å²) < 4.78 is 22.3. The Labute approximate surface area is 81.7 Å². The molecule has 0 unspecified atom stereocenters. The fourth-order valence-corrected chi connectivity index (χ4v) is 1.79. The van der Waals surface area contributed by atoms with Crippen molar-refractivity contribution in [1.29, 1.82) is 0 Å². The van der Waals surface area contributed by atoms with Gasteiger partial charge in [0.25, 0.3) is 0 Å². The first-order valence-corrected chi connectivity index (χ1v) is 5.42. The molecule has 0 radical (unpaired) electrons. The smallest absolute Gasteiger partial charge is 0.314 e. The third kappa shape index (κ3) is 3.55. The summed E-state index contributed by atoms with van der Waals surface area (Å²) in [5.41, 5.74) is 0.620. The molecule has 0 aliphatic rings. The average Bonchev–Trinajstić information content (AvgIpc) is 2.16. The van der Waals surface area contributed by atoms with Gasteiger partial charge in [0.2, 0.25) is 10.0 Å². The van der Waals surface area contributed by atoms with Crippen molar-refractivity contribution in [3.8, 4) is 0 Å². The summed E-state index contributed by atoms with van der Waals surface area (Å²) in [6.45, 7) is 0.0164. The predicted molar refractivity (Wildman–Crippen MR) is 49.4 cm³/mol. The molecule has 0 bridgehead atoms. The van der Waals surface area contributed by atoms with Crippen LogP contribution >= 0.6 is 0 Å². The zero-order valence-electron chi connectivity index (χ0n) is 7.21. The van der Waals surface area contributed by atoms with E-state index in [0.29, 0.717) is 5.56 Å². The highest BCUT2D eigenvalue weighted by Gasteiger charge is 2.10. The van der Waals surface area contributed by atoms with Gasteiger partial charge in [-0.05, 0) is 10.4 Å². The number of carbonyl (C=O) groups is 1. The van der Waals surface area contributed by atoms with Crippen LogP contribution in [0, 0.1) is 0 Å². The second-order valence-corrected chi connectivity index (χ2v) is 4.23. The normalized spacial score (nSPS) is 10.9. The Bertz CT molecular complexity index is 387. The van der Waals surface area contributed by atoms with E-state index < -0.39 is 10.0 Å². The molecule has 14 heavy (non-hydrogen) atoms. The molecule has 0 saturated heterocycles. The summed E-state index contributed by atoms with van der Waals surface area (Å²) in [6, 6.07) is 8.57. The molecule has 0 spiro atoms. The monoisotopic (exact) mass is 215 g/mol. The SMILES string of the molecule is O=CONS(=O)(=O)Cc1ccccc1. The molecule has 0 aliphatic carbocycles. The second-order valence-electron chi connectivity index (χ2n) is 2.54. The van der Waals surface area contributed by atoms with E-state index in [2.05, 4.69) is 4.84 Å². The zero-order chi connectivity index (χ0) is 10.4. The van der Waals surface area contributed by atoms with Gasteiger partial charge >= 0.3 is 6.47 Å². The minimum atomic E-state index is -3.60. The number of rotatable bonds is 5. The van der Waals surface area contributed by atoms with Crippen molar-refractivity contribution in [2.24, 2.45) is 0 Å². The molecule has 1 aromatic rings. The molecule has 0 amide bonds. The van der Waals surface area contributed by atoms with Gasteiger partial charge in [-0.15, -0.1) is 0 Å². The first-order valence-electron chi connectivity index (χ1n) is 3.77. The van der Waals surface area contributed by atoms with Crippen molar-refractivity contribution in [2.75, 3.05) is 0 Å². The van der Waals surface area contributed by atoms with Crippen LogP contribution in [0.2, 0.25) is 0 Å². The molecule has 0 aliphatic heterocycles. The lowest BCUT2D eigenvalue weighted by atomic mass is 10.2. The standard InChI is InChI=1S/C8H9NO4S/c10-7-13-9-14(11,12)6-8-4-2-1-3-5-8/h1-5,7,9H,6H2. The molecule has 1 N–H and O–H groups in total. The first kappa shape index (κ1) is 10.7. The molecule has 0 atom stereocenters. The molecule has 1 aromatic carbocycles. The molecule has 1 rings (SSSR count). The van der Waals surface area contributed by atoms with Crippen LogP contribution in [0.5, 0.6) is 0 Å².